The molecule has 40 heavy (non-hydrogen) atoms. The molecule has 1 spiro atoms. The third-order valence-electron chi connectivity index (χ3n) is 8.35. The van der Waals surface area contributed by atoms with Gasteiger partial charge in [-0.1, -0.05) is 105 Å². The molecule has 0 saturated carbocycles. The number of carbonyl (C=O) groups is 3. The largest absolute Gasteiger partial charge is 0.352 e. The second kappa shape index (κ2) is 9.39. The number of ketones is 2. The van der Waals surface area contributed by atoms with Crippen molar-refractivity contribution in [3.8, 4) is 0 Å². The van der Waals surface area contributed by atoms with Crippen LogP contribution in [0, 0.1) is 5.92 Å². The van der Waals surface area contributed by atoms with E-state index in [9.17, 15) is 14.4 Å². The Bertz CT molecular complexity index is 1730. The van der Waals surface area contributed by atoms with Gasteiger partial charge in [0.15, 0.2) is 11.6 Å². The lowest BCUT2D eigenvalue weighted by Crippen LogP contribution is -2.51. The van der Waals surface area contributed by atoms with E-state index in [-0.39, 0.29) is 17.5 Å². The van der Waals surface area contributed by atoms with Crippen LogP contribution in [0.15, 0.2) is 112 Å². The lowest BCUT2D eigenvalue weighted by Gasteiger charge is -2.37. The molecule has 3 heterocycles. The molecular weight excluding hydrogens is 632 g/mol. The van der Waals surface area contributed by atoms with Crippen LogP contribution < -0.4 is 10.2 Å². The average molecular weight is 654 g/mol. The van der Waals surface area contributed by atoms with Crippen molar-refractivity contribution < 1.29 is 14.4 Å². The van der Waals surface area contributed by atoms with Crippen LogP contribution in [0.5, 0.6) is 0 Å². The summed E-state index contributed by atoms with van der Waals surface area (Å²) in [5.41, 5.74) is 2.79. The number of amides is 1. The Morgan fingerprint density at radius 1 is 0.750 bits per heavy atom. The van der Waals surface area contributed by atoms with Gasteiger partial charge in [-0.05, 0) is 47.5 Å². The Labute approximate surface area is 248 Å². The summed E-state index contributed by atoms with van der Waals surface area (Å²) in [7, 11) is 0. The highest BCUT2D eigenvalue weighted by atomic mass is 79.9. The summed E-state index contributed by atoms with van der Waals surface area (Å²) in [5.74, 6) is -1.70. The molecule has 1 N–H and O–H groups in total. The summed E-state index contributed by atoms with van der Waals surface area (Å²) in [6.07, 6.45) is 3.99. The molecule has 7 rings (SSSR count). The standard InChI is InChI=1S/C33H22Br2N2O3/c34-22-14-9-20(10-15-22)30(38)28-29(31(39)21-11-16-23(35)17-12-21)37-26-8-4-1-5-19(26)13-18-27(37)33(28)24-6-2-3-7-25(24)36-32(33)40/h1-18,27-29H,(H,36,40)/t27-,28-,29+,33+/m1/s1. The fourth-order valence-corrected chi connectivity index (χ4v) is 7.23. The molecule has 0 bridgehead atoms. The number of carbonyl (C=O) groups excluding carboxylic acids is 3. The number of anilines is 2. The third kappa shape index (κ3) is 3.54. The Balaban J connectivity index is 1.53. The summed E-state index contributed by atoms with van der Waals surface area (Å²) < 4.78 is 1.69. The quantitative estimate of drug-likeness (QED) is 0.239. The molecule has 0 radical (unpaired) electrons. The predicted molar refractivity (Wildman–Crippen MR) is 163 cm³/mol. The Hall–Kier alpha value is -3.81. The highest BCUT2D eigenvalue weighted by Crippen LogP contribution is 2.58. The van der Waals surface area contributed by atoms with E-state index < -0.39 is 23.4 Å². The van der Waals surface area contributed by atoms with Gasteiger partial charge in [0.1, 0.15) is 11.5 Å². The smallest absolute Gasteiger partial charge is 0.238 e. The molecule has 5 nitrogen and oxygen atoms in total. The van der Waals surface area contributed by atoms with Gasteiger partial charge in [-0.2, -0.15) is 0 Å². The second-order valence-electron chi connectivity index (χ2n) is 10.3. The van der Waals surface area contributed by atoms with Crippen molar-refractivity contribution in [2.75, 3.05) is 10.2 Å². The van der Waals surface area contributed by atoms with Crippen LogP contribution in [0.25, 0.3) is 6.08 Å². The summed E-state index contributed by atoms with van der Waals surface area (Å²) in [4.78, 5) is 45.7. The zero-order valence-electron chi connectivity index (χ0n) is 21.1. The summed E-state index contributed by atoms with van der Waals surface area (Å²) >= 11 is 6.92. The molecule has 7 heteroatoms. The molecular formula is C33H22Br2N2O3. The number of hydrogen-bond acceptors (Lipinski definition) is 4. The first-order valence-corrected chi connectivity index (χ1v) is 14.6. The molecule has 0 unspecified atom stereocenters. The fraction of sp³-hybridized carbons (Fsp3) is 0.121. The Kier molecular flexibility index (Phi) is 5.91. The fourth-order valence-electron chi connectivity index (χ4n) is 6.70. The van der Waals surface area contributed by atoms with Gasteiger partial charge in [-0.25, -0.2) is 0 Å². The first-order chi connectivity index (χ1) is 19.4. The molecule has 1 fully saturated rings. The zero-order chi connectivity index (χ0) is 27.6. The number of Topliss-reactive ketones (excluding diaryl/α,β-unsaturated/α-hetero) is 2. The van der Waals surface area contributed by atoms with Gasteiger partial charge in [-0.15, -0.1) is 0 Å². The monoisotopic (exact) mass is 652 g/mol. The molecule has 1 amide bonds. The van der Waals surface area contributed by atoms with Gasteiger partial charge in [0.25, 0.3) is 0 Å². The molecule has 196 valence electrons. The molecule has 1 saturated heterocycles. The van der Waals surface area contributed by atoms with Gasteiger partial charge < -0.3 is 10.2 Å². The van der Waals surface area contributed by atoms with Crippen LogP contribution in [-0.2, 0) is 10.2 Å². The highest BCUT2D eigenvalue weighted by molar-refractivity contribution is 9.10. The number of rotatable bonds is 4. The number of fused-ring (bicyclic) bond motifs is 6. The first kappa shape index (κ1) is 25.2. The van der Waals surface area contributed by atoms with Crippen molar-refractivity contribution in [2.24, 2.45) is 5.92 Å². The minimum absolute atomic E-state index is 0.202. The van der Waals surface area contributed by atoms with Crippen molar-refractivity contribution in [1.29, 1.82) is 0 Å². The van der Waals surface area contributed by atoms with Crippen molar-refractivity contribution in [2.45, 2.75) is 17.5 Å². The number of benzene rings is 4. The van der Waals surface area contributed by atoms with Gasteiger partial charge in [0, 0.05) is 31.4 Å². The first-order valence-electron chi connectivity index (χ1n) is 13.0. The van der Waals surface area contributed by atoms with Gasteiger partial charge in [0.2, 0.25) is 5.91 Å². The Morgan fingerprint density at radius 3 is 2.05 bits per heavy atom. The summed E-state index contributed by atoms with van der Waals surface area (Å²) in [6.45, 7) is 0. The van der Waals surface area contributed by atoms with Crippen molar-refractivity contribution in [3.05, 3.63) is 134 Å². The lowest BCUT2D eigenvalue weighted by atomic mass is 9.64. The van der Waals surface area contributed by atoms with Gasteiger partial charge in [0.05, 0.1) is 12.0 Å². The van der Waals surface area contributed by atoms with E-state index >= 15 is 0 Å². The normalized spacial score (nSPS) is 23.9. The number of nitrogens with zero attached hydrogens (tertiary/aromatic N) is 1. The minimum Gasteiger partial charge on any atom is -0.352 e. The topological polar surface area (TPSA) is 66.5 Å². The van der Waals surface area contributed by atoms with Crippen LogP contribution >= 0.6 is 31.9 Å². The number of nitrogens with one attached hydrogen (secondary N) is 1. The lowest BCUT2D eigenvalue weighted by molar-refractivity contribution is -0.121. The van der Waals surface area contributed by atoms with E-state index in [1.54, 1.807) is 24.3 Å². The number of hydrogen-bond donors (Lipinski definition) is 1. The van der Waals surface area contributed by atoms with Crippen molar-refractivity contribution in [3.63, 3.8) is 0 Å². The third-order valence-corrected chi connectivity index (χ3v) is 9.41. The molecule has 3 aliphatic rings. The van der Waals surface area contributed by atoms with E-state index in [1.165, 1.54) is 0 Å². The van der Waals surface area contributed by atoms with Crippen LogP contribution in [-0.4, -0.2) is 29.6 Å². The van der Waals surface area contributed by atoms with Crippen LogP contribution in [0.3, 0.4) is 0 Å². The van der Waals surface area contributed by atoms with Crippen LogP contribution in [0.4, 0.5) is 11.4 Å². The van der Waals surface area contributed by atoms with Gasteiger partial charge in [-0.3, -0.25) is 14.4 Å². The van der Waals surface area contributed by atoms with Crippen molar-refractivity contribution >= 4 is 66.8 Å². The number of para-hydroxylation sites is 2. The van der Waals surface area contributed by atoms with E-state index in [2.05, 4.69) is 37.2 Å². The summed E-state index contributed by atoms with van der Waals surface area (Å²) in [6, 6.07) is 28.2. The molecule has 4 aromatic rings. The molecule has 3 aliphatic heterocycles. The molecule has 0 aromatic heterocycles. The zero-order valence-corrected chi connectivity index (χ0v) is 24.2. The number of halogens is 2. The molecule has 0 aliphatic carbocycles. The van der Waals surface area contributed by atoms with E-state index in [0.717, 1.165) is 25.8 Å². The van der Waals surface area contributed by atoms with E-state index in [0.29, 0.717) is 16.8 Å². The van der Waals surface area contributed by atoms with Crippen molar-refractivity contribution in [1.82, 2.24) is 0 Å². The van der Waals surface area contributed by atoms with Crippen LogP contribution in [0.2, 0.25) is 0 Å². The molecule has 4 aromatic carbocycles. The van der Waals surface area contributed by atoms with E-state index in [4.69, 9.17) is 0 Å². The maximum atomic E-state index is 14.7. The maximum Gasteiger partial charge on any atom is 0.238 e. The highest BCUT2D eigenvalue weighted by Gasteiger charge is 2.70. The molecule has 4 atom stereocenters. The van der Waals surface area contributed by atoms with E-state index in [1.807, 2.05) is 89.8 Å². The van der Waals surface area contributed by atoms with Crippen LogP contribution in [0.1, 0.15) is 31.8 Å². The average Bonchev–Trinajstić information content (AvgIpc) is 3.45. The predicted octanol–water partition coefficient (Wildman–Crippen LogP) is 7.07. The minimum atomic E-state index is -1.32. The summed E-state index contributed by atoms with van der Waals surface area (Å²) in [5, 5.41) is 3.06. The second-order valence-corrected chi connectivity index (χ2v) is 12.1. The SMILES string of the molecule is O=C(c1ccc(Br)cc1)[C@@H]1[C@H](C(=O)c2ccc(Br)cc2)[C@@]2(C(=O)Nc3ccccc32)[C@H]2C=Cc3ccccc3N12. The van der Waals surface area contributed by atoms with Gasteiger partial charge >= 0.3 is 0 Å². The maximum absolute atomic E-state index is 14.7. The Morgan fingerprint density at radius 2 is 1.35 bits per heavy atom.